The van der Waals surface area contributed by atoms with E-state index in [1.165, 1.54) is 37.6 Å². The summed E-state index contributed by atoms with van der Waals surface area (Å²) in [5.74, 6) is -2.02. The average Bonchev–Trinajstić information content (AvgIpc) is 3.94. The Bertz CT molecular complexity index is 1770. The molecule has 49 heavy (non-hydrogen) atoms. The summed E-state index contributed by atoms with van der Waals surface area (Å²) in [6.45, 7) is 1.63. The van der Waals surface area contributed by atoms with E-state index in [0.717, 1.165) is 18.9 Å². The van der Waals surface area contributed by atoms with E-state index in [9.17, 15) is 24.5 Å². The number of esters is 2. The number of halogens is 1. The quantitative estimate of drug-likeness (QED) is 0.0424. The first-order valence-electron chi connectivity index (χ1n) is 15.3. The van der Waals surface area contributed by atoms with Gasteiger partial charge in [-0.15, -0.1) is 10.1 Å². The number of aromatic nitrogens is 1. The minimum absolute atomic E-state index is 0.0211. The van der Waals surface area contributed by atoms with Crippen LogP contribution >= 0.6 is 0 Å². The van der Waals surface area contributed by atoms with E-state index < -0.39 is 28.3 Å². The van der Waals surface area contributed by atoms with E-state index in [0.29, 0.717) is 55.8 Å². The lowest BCUT2D eigenvalue weighted by Crippen LogP contribution is -2.52. The summed E-state index contributed by atoms with van der Waals surface area (Å²) < 4.78 is 33.3. The number of hydrazine groups is 1. The molecule has 0 bridgehead atoms. The largest absolute Gasteiger partial charge is 0.493 e. The fourth-order valence-corrected chi connectivity index (χ4v) is 5.26. The third-order valence-electron chi connectivity index (χ3n) is 7.87. The van der Waals surface area contributed by atoms with E-state index in [-0.39, 0.29) is 41.7 Å². The summed E-state index contributed by atoms with van der Waals surface area (Å²) in [4.78, 5) is 59.5. The van der Waals surface area contributed by atoms with E-state index in [4.69, 9.17) is 19.5 Å². The van der Waals surface area contributed by atoms with Gasteiger partial charge in [0, 0.05) is 49.9 Å². The van der Waals surface area contributed by atoms with Crippen molar-refractivity contribution < 1.29 is 53.4 Å². The molecule has 1 saturated heterocycles. The van der Waals surface area contributed by atoms with E-state index >= 15 is 4.39 Å². The van der Waals surface area contributed by atoms with Crippen LogP contribution in [0.4, 0.5) is 10.1 Å². The molecule has 5 rings (SSSR count). The van der Waals surface area contributed by atoms with Crippen LogP contribution in [0.3, 0.4) is 0 Å². The summed E-state index contributed by atoms with van der Waals surface area (Å²) in [6.07, 6.45) is 6.48. The number of nitrogens with one attached hydrogen (secondary N) is 1. The Morgan fingerprint density at radius 1 is 1.10 bits per heavy atom. The molecule has 18 heteroatoms. The zero-order valence-electron chi connectivity index (χ0n) is 26.4. The van der Waals surface area contributed by atoms with Gasteiger partial charge in [-0.1, -0.05) is 21.7 Å². The van der Waals surface area contributed by atoms with E-state index in [2.05, 4.69) is 20.5 Å². The molecule has 3 aromatic rings. The molecule has 2 fully saturated rings. The van der Waals surface area contributed by atoms with Crippen molar-refractivity contribution in [3.63, 3.8) is 0 Å². The lowest BCUT2D eigenvalue weighted by Gasteiger charge is -2.35. The van der Waals surface area contributed by atoms with E-state index in [1.54, 1.807) is 17.1 Å². The van der Waals surface area contributed by atoms with Crippen LogP contribution in [-0.2, 0) is 24.4 Å². The van der Waals surface area contributed by atoms with Crippen molar-refractivity contribution in [3.05, 3.63) is 79.9 Å². The lowest BCUT2D eigenvalue weighted by atomic mass is 10.1. The Balaban J connectivity index is 1.29. The molecule has 0 radical (unpaired) electrons. The topological polar surface area (TPSA) is 193 Å². The van der Waals surface area contributed by atoms with Gasteiger partial charge in [-0.2, -0.15) is 0 Å². The maximum Gasteiger partial charge on any atom is 0.349 e. The number of unbranched alkanes of at least 4 members (excludes halogenated alkanes) is 1. The highest BCUT2D eigenvalue weighted by Gasteiger charge is 2.29. The summed E-state index contributed by atoms with van der Waals surface area (Å²) in [5, 5.41) is 22.8. The maximum atomic E-state index is 15.5. The van der Waals surface area contributed by atoms with Crippen molar-refractivity contribution >= 4 is 34.6 Å². The smallest absolute Gasteiger partial charge is 0.349 e. The summed E-state index contributed by atoms with van der Waals surface area (Å²) in [5.41, 5.74) is 2.78. The summed E-state index contributed by atoms with van der Waals surface area (Å²) in [7, 11) is 1.36. The van der Waals surface area contributed by atoms with Crippen LogP contribution in [0, 0.1) is 15.9 Å². The van der Waals surface area contributed by atoms with Crippen molar-refractivity contribution in [1.29, 1.82) is 0 Å². The minimum atomic E-state index is -0.947. The SMILES string of the molecule is COc1cc(/C=C/C(=O)OCCCCO[N+](=O)[O-])ccc1OC(=O)c1cn(C2CC2)c2cc(N3CCN(NOOO)CC3)c(F)cc2c1=O. The number of carbonyl (C=O) groups excluding carboxylic acids is 2. The van der Waals surface area contributed by atoms with Gasteiger partial charge < -0.3 is 28.5 Å². The second-order valence-corrected chi connectivity index (χ2v) is 11.1. The first kappa shape index (κ1) is 35.2. The molecule has 1 saturated carbocycles. The number of ether oxygens (including phenoxy) is 3. The predicted octanol–water partition coefficient (Wildman–Crippen LogP) is 3.21. The molecule has 0 unspecified atom stereocenters. The van der Waals surface area contributed by atoms with Crippen LogP contribution in [0.1, 0.15) is 47.6 Å². The number of hydrogen-bond acceptors (Lipinski definition) is 15. The Labute approximate surface area is 277 Å². The molecule has 1 aliphatic heterocycles. The molecule has 0 amide bonds. The minimum Gasteiger partial charge on any atom is -0.493 e. The molecule has 2 heterocycles. The second-order valence-electron chi connectivity index (χ2n) is 11.1. The third kappa shape index (κ3) is 9.06. The molecule has 2 N–H and O–H groups in total. The number of methoxy groups -OCH3 is 1. The number of benzene rings is 2. The van der Waals surface area contributed by atoms with E-state index in [1.807, 2.05) is 9.47 Å². The molecule has 0 spiro atoms. The van der Waals surface area contributed by atoms with Crippen LogP contribution in [0.25, 0.3) is 17.0 Å². The number of nitrogens with zero attached hydrogens (tertiary/aromatic N) is 4. The van der Waals surface area contributed by atoms with Gasteiger partial charge >= 0.3 is 11.9 Å². The van der Waals surface area contributed by atoms with Crippen LogP contribution < -0.4 is 25.4 Å². The van der Waals surface area contributed by atoms with Gasteiger partial charge in [-0.25, -0.2) is 24.2 Å². The Morgan fingerprint density at radius 3 is 2.55 bits per heavy atom. The highest BCUT2D eigenvalue weighted by Crippen LogP contribution is 2.38. The second kappa shape index (κ2) is 16.3. The number of fused-ring (bicyclic) bond motifs is 1. The van der Waals surface area contributed by atoms with Crippen LogP contribution in [0.15, 0.2) is 47.4 Å². The number of piperazine rings is 1. The summed E-state index contributed by atoms with van der Waals surface area (Å²) in [6, 6.07) is 7.32. The normalized spacial score (nSPS) is 15.0. The van der Waals surface area contributed by atoms with Gasteiger partial charge in [-0.3, -0.25) is 4.79 Å². The zero-order valence-corrected chi connectivity index (χ0v) is 26.4. The van der Waals surface area contributed by atoms with Crippen molar-refractivity contribution in [2.45, 2.75) is 31.7 Å². The zero-order chi connectivity index (χ0) is 34.9. The first-order chi connectivity index (χ1) is 23.7. The molecular formula is C31H34FN5O12. The molecule has 1 aliphatic carbocycles. The monoisotopic (exact) mass is 687 g/mol. The van der Waals surface area contributed by atoms with Gasteiger partial charge in [0.2, 0.25) is 5.43 Å². The van der Waals surface area contributed by atoms with Gasteiger partial charge in [0.1, 0.15) is 11.4 Å². The molecule has 1 aromatic heterocycles. The fraction of sp³-hybridized carbons (Fsp3) is 0.387. The van der Waals surface area contributed by atoms with Gasteiger partial charge in [-0.05, 0) is 61.6 Å². The molecule has 17 nitrogen and oxygen atoms in total. The van der Waals surface area contributed by atoms with Gasteiger partial charge in [0.15, 0.2) is 11.5 Å². The molecule has 2 aliphatic rings. The predicted molar refractivity (Wildman–Crippen MR) is 168 cm³/mol. The summed E-state index contributed by atoms with van der Waals surface area (Å²) >= 11 is 0. The van der Waals surface area contributed by atoms with Crippen LogP contribution in [0.5, 0.6) is 11.5 Å². The Hall–Kier alpha value is -5.14. The third-order valence-corrected chi connectivity index (χ3v) is 7.87. The molecule has 2 aromatic carbocycles. The lowest BCUT2D eigenvalue weighted by molar-refractivity contribution is -0.757. The highest BCUT2D eigenvalue weighted by molar-refractivity contribution is 5.96. The number of anilines is 1. The van der Waals surface area contributed by atoms with Crippen LogP contribution in [-0.4, -0.2) is 78.4 Å². The molecular weight excluding hydrogens is 653 g/mol. The highest BCUT2D eigenvalue weighted by atomic mass is 19.1. The number of carbonyl (C=O) groups is 2. The molecule has 0 atom stereocenters. The Kier molecular flexibility index (Phi) is 11.7. The standard InChI is InChI=1S/C31H34FN5O12/c1-44-28-16-20(5-9-29(38)45-14-2-3-15-46-37(41)42)4-8-27(28)47-31(40)23-19-36(21-6-7-21)25-18-26(24(32)17-22(25)30(23)39)34-10-12-35(13-11-34)33-48-49-43/h4-5,8-9,16-19,21,33,43H,2-3,6-7,10-15H2,1H3/b9-5+. The Morgan fingerprint density at radius 2 is 1.86 bits per heavy atom. The van der Waals surface area contributed by atoms with Gasteiger partial charge in [0.05, 0.1) is 31.5 Å². The number of pyridine rings is 1. The number of hydrogen-bond donors (Lipinski definition) is 2. The van der Waals surface area contributed by atoms with Crippen molar-refractivity contribution in [2.75, 3.05) is 51.4 Å². The fourth-order valence-electron chi connectivity index (χ4n) is 5.26. The average molecular weight is 688 g/mol. The first-order valence-corrected chi connectivity index (χ1v) is 15.3. The maximum absolute atomic E-state index is 15.5. The van der Waals surface area contributed by atoms with Crippen molar-refractivity contribution in [3.8, 4) is 11.5 Å². The number of rotatable bonds is 16. The van der Waals surface area contributed by atoms with Crippen molar-refractivity contribution in [1.82, 2.24) is 15.2 Å². The van der Waals surface area contributed by atoms with Crippen molar-refractivity contribution in [2.24, 2.45) is 0 Å². The molecule has 262 valence electrons. The van der Waals surface area contributed by atoms with Gasteiger partial charge in [0.25, 0.3) is 5.09 Å². The van der Waals surface area contributed by atoms with Crippen LogP contribution in [0.2, 0.25) is 0 Å².